The molecule has 1 saturated carbocycles. The van der Waals surface area contributed by atoms with Gasteiger partial charge in [0, 0.05) is 11.4 Å². The lowest BCUT2D eigenvalue weighted by atomic mass is 9.71. The molecule has 18 heavy (non-hydrogen) atoms. The average Bonchev–Trinajstić information content (AvgIpc) is 2.81. The number of hydrogen-bond donors (Lipinski definition) is 1. The molecule has 1 aromatic heterocycles. The molecule has 0 saturated heterocycles. The van der Waals surface area contributed by atoms with Gasteiger partial charge in [0.15, 0.2) is 0 Å². The summed E-state index contributed by atoms with van der Waals surface area (Å²) in [4.78, 5) is 5.86. The van der Waals surface area contributed by atoms with Crippen LogP contribution in [0.15, 0.2) is 5.51 Å². The maximum atomic E-state index is 4.37. The van der Waals surface area contributed by atoms with Crippen molar-refractivity contribution in [2.24, 2.45) is 5.41 Å². The van der Waals surface area contributed by atoms with Crippen molar-refractivity contribution in [3.8, 4) is 0 Å². The molecule has 1 fully saturated rings. The summed E-state index contributed by atoms with van der Waals surface area (Å²) in [6, 6.07) is 0. The molecule has 0 aliphatic heterocycles. The molecule has 0 radical (unpaired) electrons. The van der Waals surface area contributed by atoms with Crippen molar-refractivity contribution >= 4 is 11.3 Å². The lowest BCUT2D eigenvalue weighted by molar-refractivity contribution is 0.168. The SMILES string of the molecule is CCNCC1(CCc2scnc2C)CCCCC1. The van der Waals surface area contributed by atoms with Gasteiger partial charge in [-0.15, -0.1) is 11.3 Å². The fourth-order valence-corrected chi connectivity index (χ4v) is 3.93. The van der Waals surface area contributed by atoms with Crippen LogP contribution in [0.2, 0.25) is 0 Å². The smallest absolute Gasteiger partial charge is 0.0797 e. The Balaban J connectivity index is 1.94. The molecule has 2 nitrogen and oxygen atoms in total. The zero-order valence-electron chi connectivity index (χ0n) is 11.8. The molecule has 1 heterocycles. The van der Waals surface area contributed by atoms with E-state index in [0.29, 0.717) is 5.41 Å². The van der Waals surface area contributed by atoms with E-state index < -0.39 is 0 Å². The van der Waals surface area contributed by atoms with Crippen LogP contribution in [0.4, 0.5) is 0 Å². The molecule has 1 aliphatic carbocycles. The Morgan fingerprint density at radius 1 is 1.33 bits per heavy atom. The highest BCUT2D eigenvalue weighted by molar-refractivity contribution is 7.09. The molecule has 1 aliphatic rings. The zero-order chi connectivity index (χ0) is 12.8. The average molecular weight is 266 g/mol. The van der Waals surface area contributed by atoms with Crippen LogP contribution in [-0.4, -0.2) is 18.1 Å². The highest BCUT2D eigenvalue weighted by Crippen LogP contribution is 2.40. The monoisotopic (exact) mass is 266 g/mol. The number of thiazole rings is 1. The summed E-state index contributed by atoms with van der Waals surface area (Å²) in [5, 5.41) is 3.59. The molecule has 0 amide bonds. The largest absolute Gasteiger partial charge is 0.316 e. The maximum Gasteiger partial charge on any atom is 0.0797 e. The maximum absolute atomic E-state index is 4.37. The minimum absolute atomic E-state index is 0.560. The summed E-state index contributed by atoms with van der Waals surface area (Å²) in [5.41, 5.74) is 3.79. The standard InChI is InChI=1S/C15H26N2S/c1-3-16-11-15(8-5-4-6-9-15)10-7-14-13(2)17-12-18-14/h12,16H,3-11H2,1-2H3. The number of nitrogens with one attached hydrogen (secondary N) is 1. The van der Waals surface area contributed by atoms with E-state index in [9.17, 15) is 0 Å². The molecule has 3 heteroatoms. The van der Waals surface area contributed by atoms with Crippen LogP contribution in [0.1, 0.15) is 56.0 Å². The second kappa shape index (κ2) is 6.67. The van der Waals surface area contributed by atoms with Gasteiger partial charge in [-0.25, -0.2) is 4.98 Å². The van der Waals surface area contributed by atoms with Gasteiger partial charge in [0.05, 0.1) is 11.2 Å². The van der Waals surface area contributed by atoms with Gasteiger partial charge in [-0.05, 0) is 44.6 Å². The van der Waals surface area contributed by atoms with Gasteiger partial charge in [-0.1, -0.05) is 26.2 Å². The predicted molar refractivity (Wildman–Crippen MR) is 79.2 cm³/mol. The summed E-state index contributed by atoms with van der Waals surface area (Å²) >= 11 is 1.83. The first-order valence-electron chi connectivity index (χ1n) is 7.35. The lowest BCUT2D eigenvalue weighted by Crippen LogP contribution is -2.36. The topological polar surface area (TPSA) is 24.9 Å². The van der Waals surface area contributed by atoms with Crippen LogP contribution < -0.4 is 5.32 Å². The number of aryl methyl sites for hydroxylation is 2. The molecular weight excluding hydrogens is 240 g/mol. The van der Waals surface area contributed by atoms with E-state index in [1.165, 1.54) is 62.1 Å². The molecule has 0 aromatic carbocycles. The van der Waals surface area contributed by atoms with Gasteiger partial charge >= 0.3 is 0 Å². The Bertz CT molecular complexity index is 353. The van der Waals surface area contributed by atoms with Crippen LogP contribution in [0.25, 0.3) is 0 Å². The Morgan fingerprint density at radius 3 is 2.72 bits per heavy atom. The molecule has 0 unspecified atom stereocenters. The highest BCUT2D eigenvalue weighted by Gasteiger charge is 2.31. The van der Waals surface area contributed by atoms with E-state index in [2.05, 4.69) is 24.1 Å². The van der Waals surface area contributed by atoms with E-state index in [1.54, 1.807) is 0 Å². The van der Waals surface area contributed by atoms with Crippen molar-refractivity contribution in [1.29, 1.82) is 0 Å². The highest BCUT2D eigenvalue weighted by atomic mass is 32.1. The minimum atomic E-state index is 0.560. The summed E-state index contributed by atoms with van der Waals surface area (Å²) in [6.45, 7) is 6.66. The minimum Gasteiger partial charge on any atom is -0.316 e. The van der Waals surface area contributed by atoms with Gasteiger partial charge in [0.2, 0.25) is 0 Å². The summed E-state index contributed by atoms with van der Waals surface area (Å²) < 4.78 is 0. The van der Waals surface area contributed by atoms with E-state index in [4.69, 9.17) is 0 Å². The van der Waals surface area contributed by atoms with E-state index in [1.807, 2.05) is 16.8 Å². The normalized spacial score (nSPS) is 19.0. The predicted octanol–water partition coefficient (Wildman–Crippen LogP) is 3.94. The molecule has 2 rings (SSSR count). The Morgan fingerprint density at radius 2 is 2.11 bits per heavy atom. The zero-order valence-corrected chi connectivity index (χ0v) is 12.6. The molecule has 1 N–H and O–H groups in total. The molecular formula is C15H26N2S. The lowest BCUT2D eigenvalue weighted by Gasteiger charge is -2.37. The Hall–Kier alpha value is -0.410. The van der Waals surface area contributed by atoms with Crippen LogP contribution in [-0.2, 0) is 6.42 Å². The molecule has 1 aromatic rings. The molecule has 102 valence electrons. The third-order valence-electron chi connectivity index (χ3n) is 4.39. The Labute approximate surface area is 115 Å². The van der Waals surface area contributed by atoms with Crippen molar-refractivity contribution < 1.29 is 0 Å². The van der Waals surface area contributed by atoms with Crippen LogP contribution in [0.3, 0.4) is 0 Å². The molecule has 0 atom stereocenters. The van der Waals surface area contributed by atoms with Crippen LogP contribution >= 0.6 is 11.3 Å². The van der Waals surface area contributed by atoms with Gasteiger partial charge in [-0.2, -0.15) is 0 Å². The van der Waals surface area contributed by atoms with Crippen LogP contribution in [0.5, 0.6) is 0 Å². The third kappa shape index (κ3) is 3.55. The quantitative estimate of drug-likeness (QED) is 0.843. The fourth-order valence-electron chi connectivity index (χ4n) is 3.15. The van der Waals surface area contributed by atoms with E-state index in [-0.39, 0.29) is 0 Å². The van der Waals surface area contributed by atoms with Crippen LogP contribution in [0, 0.1) is 12.3 Å². The summed E-state index contributed by atoms with van der Waals surface area (Å²) in [6.07, 6.45) is 9.67. The van der Waals surface area contributed by atoms with Crippen molar-refractivity contribution in [2.75, 3.05) is 13.1 Å². The van der Waals surface area contributed by atoms with Gasteiger partial charge < -0.3 is 5.32 Å². The first kappa shape index (κ1) is 14.0. The second-order valence-electron chi connectivity index (χ2n) is 5.70. The summed E-state index contributed by atoms with van der Waals surface area (Å²) in [5.74, 6) is 0. The number of aromatic nitrogens is 1. The van der Waals surface area contributed by atoms with Crippen molar-refractivity contribution in [2.45, 2.75) is 58.8 Å². The Kier molecular flexibility index (Phi) is 5.19. The first-order valence-corrected chi connectivity index (χ1v) is 8.23. The van der Waals surface area contributed by atoms with Gasteiger partial charge in [0.25, 0.3) is 0 Å². The van der Waals surface area contributed by atoms with Gasteiger partial charge in [-0.3, -0.25) is 0 Å². The third-order valence-corrected chi connectivity index (χ3v) is 5.39. The first-order chi connectivity index (χ1) is 8.76. The van der Waals surface area contributed by atoms with Crippen molar-refractivity contribution in [1.82, 2.24) is 10.3 Å². The summed E-state index contributed by atoms with van der Waals surface area (Å²) in [7, 11) is 0. The number of hydrogen-bond acceptors (Lipinski definition) is 3. The molecule has 0 bridgehead atoms. The van der Waals surface area contributed by atoms with Gasteiger partial charge in [0.1, 0.15) is 0 Å². The second-order valence-corrected chi connectivity index (χ2v) is 6.64. The van der Waals surface area contributed by atoms with E-state index in [0.717, 1.165) is 6.54 Å². The number of rotatable bonds is 6. The fraction of sp³-hybridized carbons (Fsp3) is 0.800. The molecule has 0 spiro atoms. The number of nitrogens with zero attached hydrogens (tertiary/aromatic N) is 1. The van der Waals surface area contributed by atoms with Crippen molar-refractivity contribution in [3.63, 3.8) is 0 Å². The van der Waals surface area contributed by atoms with E-state index >= 15 is 0 Å². The van der Waals surface area contributed by atoms with Crippen molar-refractivity contribution in [3.05, 3.63) is 16.1 Å².